The quantitative estimate of drug-likeness (QED) is 0.102. The predicted octanol–water partition coefficient (Wildman–Crippen LogP) is 4.71. The second-order valence-electron chi connectivity index (χ2n) is 13.1. The molecule has 0 spiro atoms. The van der Waals surface area contributed by atoms with Crippen LogP contribution >= 0.6 is 8.25 Å². The van der Waals surface area contributed by atoms with Gasteiger partial charge in [0.05, 0.1) is 12.6 Å². The Kier molecular flexibility index (Phi) is 18.3. The van der Waals surface area contributed by atoms with Crippen LogP contribution in [0.1, 0.15) is 103 Å². The molecule has 280 valence electrons. The smallest absolute Gasteiger partial charge is 0.407 e. The van der Waals surface area contributed by atoms with Gasteiger partial charge in [0, 0.05) is 19.0 Å². The van der Waals surface area contributed by atoms with Crippen LogP contribution in [-0.2, 0) is 44.1 Å². The van der Waals surface area contributed by atoms with Gasteiger partial charge in [0.1, 0.15) is 24.8 Å². The summed E-state index contributed by atoms with van der Waals surface area (Å²) in [5, 5.41) is 18.0. The number of carboxylic acid groups (broad SMARTS) is 1. The molecular weight excluding hydrogens is 667 g/mol. The van der Waals surface area contributed by atoms with Crippen LogP contribution in [0.2, 0.25) is 0 Å². The molecule has 14 nitrogen and oxygen atoms in total. The van der Waals surface area contributed by atoms with Crippen molar-refractivity contribution in [2.24, 2.45) is 5.92 Å². The number of unbranched alkanes of at least 4 members (excludes halogenated alkanes) is 2. The summed E-state index contributed by atoms with van der Waals surface area (Å²) in [6.07, 6.45) is 7.39. The third kappa shape index (κ3) is 14.4. The summed E-state index contributed by atoms with van der Waals surface area (Å²) in [5.74, 6) is -2.33. The number of aliphatic carboxylic acids is 1. The SMILES string of the molecule is CCCCC(CO[PH](=O)O[C@@H](C)C(=O)N1CCC[C@H]1C(=O)O)NC(=O)[C@H](CCCCNC(=O)OCc1ccccc1)NC(=O)C1CCCCC1. The highest BCUT2D eigenvalue weighted by molar-refractivity contribution is 7.33. The third-order valence-corrected chi connectivity index (χ3v) is 10.1. The van der Waals surface area contributed by atoms with Gasteiger partial charge in [0.25, 0.3) is 5.91 Å². The van der Waals surface area contributed by atoms with Gasteiger partial charge in [-0.25, -0.2) is 9.59 Å². The summed E-state index contributed by atoms with van der Waals surface area (Å²) in [4.78, 5) is 64.4. The maximum Gasteiger partial charge on any atom is 0.407 e. The van der Waals surface area contributed by atoms with Crippen molar-refractivity contribution < 1.29 is 47.4 Å². The van der Waals surface area contributed by atoms with Crippen molar-refractivity contribution in [3.63, 3.8) is 0 Å². The number of hydrogen-bond donors (Lipinski definition) is 4. The molecule has 1 aromatic rings. The van der Waals surface area contributed by atoms with Crippen LogP contribution in [0, 0.1) is 5.92 Å². The average molecular weight is 723 g/mol. The number of carboxylic acids is 1. The molecule has 4 amide bonds. The number of nitrogens with one attached hydrogen (secondary N) is 3. The summed E-state index contributed by atoms with van der Waals surface area (Å²) in [5.41, 5.74) is 0.880. The van der Waals surface area contributed by atoms with E-state index in [9.17, 15) is 33.6 Å². The molecule has 4 N–H and O–H groups in total. The van der Waals surface area contributed by atoms with E-state index in [2.05, 4.69) is 16.0 Å². The molecule has 0 radical (unpaired) electrons. The van der Waals surface area contributed by atoms with E-state index in [4.69, 9.17) is 13.8 Å². The normalized spacial score (nSPS) is 18.8. The van der Waals surface area contributed by atoms with Gasteiger partial charge in [-0.15, -0.1) is 0 Å². The zero-order valence-corrected chi connectivity index (χ0v) is 30.4. The molecule has 1 heterocycles. The molecule has 50 heavy (non-hydrogen) atoms. The van der Waals surface area contributed by atoms with E-state index < -0.39 is 50.5 Å². The maximum atomic E-state index is 13.6. The molecule has 2 unspecified atom stereocenters. The summed E-state index contributed by atoms with van der Waals surface area (Å²) in [6.45, 7) is 4.06. The first kappa shape index (κ1) is 40.9. The van der Waals surface area contributed by atoms with Crippen molar-refractivity contribution in [2.45, 2.75) is 128 Å². The molecule has 2 fully saturated rings. The highest BCUT2D eigenvalue weighted by atomic mass is 31.1. The van der Waals surface area contributed by atoms with Crippen molar-refractivity contribution in [3.05, 3.63) is 35.9 Å². The van der Waals surface area contributed by atoms with Crippen LogP contribution in [0.15, 0.2) is 30.3 Å². The zero-order chi connectivity index (χ0) is 36.3. The molecule has 0 aromatic heterocycles. The van der Waals surface area contributed by atoms with Gasteiger partial charge >= 0.3 is 20.3 Å². The predicted molar refractivity (Wildman–Crippen MR) is 186 cm³/mol. The van der Waals surface area contributed by atoms with Gasteiger partial charge in [-0.1, -0.05) is 69.4 Å². The minimum absolute atomic E-state index is 0.135. The van der Waals surface area contributed by atoms with Crippen molar-refractivity contribution in [1.29, 1.82) is 0 Å². The Morgan fingerprint density at radius 2 is 1.70 bits per heavy atom. The van der Waals surface area contributed by atoms with Crippen LogP contribution in [-0.4, -0.2) is 83.7 Å². The zero-order valence-electron chi connectivity index (χ0n) is 29.4. The Hall–Kier alpha value is -3.48. The van der Waals surface area contributed by atoms with Crippen molar-refractivity contribution in [2.75, 3.05) is 19.7 Å². The summed E-state index contributed by atoms with van der Waals surface area (Å²) < 4.78 is 28.8. The number of benzene rings is 1. The molecule has 2 aliphatic rings. The number of ether oxygens (including phenoxy) is 1. The van der Waals surface area contributed by atoms with E-state index in [1.165, 1.54) is 11.8 Å². The Morgan fingerprint density at radius 3 is 2.40 bits per heavy atom. The molecule has 3 rings (SSSR count). The monoisotopic (exact) mass is 722 g/mol. The molecule has 15 heteroatoms. The van der Waals surface area contributed by atoms with Crippen LogP contribution < -0.4 is 16.0 Å². The number of likely N-dealkylation sites (tertiary alicyclic amines) is 1. The Bertz CT molecular complexity index is 1260. The number of carbonyl (C=O) groups excluding carboxylic acids is 4. The van der Waals surface area contributed by atoms with Crippen molar-refractivity contribution >= 4 is 38.0 Å². The van der Waals surface area contributed by atoms with E-state index in [0.29, 0.717) is 45.1 Å². The third-order valence-electron chi connectivity index (χ3n) is 9.11. The van der Waals surface area contributed by atoms with E-state index >= 15 is 0 Å². The van der Waals surface area contributed by atoms with E-state index in [0.717, 1.165) is 50.5 Å². The Balaban J connectivity index is 1.51. The largest absolute Gasteiger partial charge is 0.480 e. The Labute approximate surface area is 295 Å². The maximum absolute atomic E-state index is 13.6. The first-order valence-corrected chi connectivity index (χ1v) is 19.2. The van der Waals surface area contributed by atoms with Crippen LogP contribution in [0.25, 0.3) is 0 Å². The standard InChI is InChI=1S/C35H55N4O10P/c1-3-4-18-28(24-48-50(46)49-25(2)33(42)39-22-13-20-30(39)34(43)44)37-32(41)29(38-31(40)27-16-9-6-10-17-27)19-11-12-21-36-35(45)47-23-26-14-7-5-8-15-26/h5,7-8,14-15,25,27-30,50H,3-4,6,9-13,16-24H2,1-2H3,(H,36,45)(H,37,41)(H,38,40)(H,43,44)/t25-,28?,29-,30-/m0/s1. The van der Waals surface area contributed by atoms with Gasteiger partial charge in [0.2, 0.25) is 11.8 Å². The fourth-order valence-corrected chi connectivity index (χ4v) is 7.02. The van der Waals surface area contributed by atoms with E-state index in [1.807, 2.05) is 37.3 Å². The minimum atomic E-state index is -3.16. The summed E-state index contributed by atoms with van der Waals surface area (Å²) in [6, 6.07) is 7.07. The number of hydrogen-bond acceptors (Lipinski definition) is 9. The second kappa shape index (κ2) is 22.4. The summed E-state index contributed by atoms with van der Waals surface area (Å²) in [7, 11) is -3.16. The summed E-state index contributed by atoms with van der Waals surface area (Å²) >= 11 is 0. The van der Waals surface area contributed by atoms with Crippen molar-refractivity contribution in [3.8, 4) is 0 Å². The van der Waals surface area contributed by atoms with Gasteiger partial charge in [-0.2, -0.15) is 0 Å². The van der Waals surface area contributed by atoms with Crippen LogP contribution in [0.4, 0.5) is 4.79 Å². The van der Waals surface area contributed by atoms with Gasteiger partial charge in [-0.05, 0) is 63.9 Å². The molecule has 1 aliphatic carbocycles. The fraction of sp³-hybridized carbons (Fsp3) is 0.686. The lowest BCUT2D eigenvalue weighted by atomic mass is 9.88. The lowest BCUT2D eigenvalue weighted by molar-refractivity contribution is -0.151. The lowest BCUT2D eigenvalue weighted by Gasteiger charge is -2.27. The first-order chi connectivity index (χ1) is 24.1. The van der Waals surface area contributed by atoms with Crippen molar-refractivity contribution in [1.82, 2.24) is 20.9 Å². The molecule has 1 aliphatic heterocycles. The molecule has 5 atom stereocenters. The number of alkyl carbamates (subject to hydrolysis) is 1. The lowest BCUT2D eigenvalue weighted by Crippen LogP contribution is -2.51. The Morgan fingerprint density at radius 1 is 0.960 bits per heavy atom. The number of carbonyl (C=O) groups is 5. The average Bonchev–Trinajstić information content (AvgIpc) is 3.62. The fourth-order valence-electron chi connectivity index (χ4n) is 6.23. The van der Waals surface area contributed by atoms with E-state index in [1.54, 1.807) is 0 Å². The molecular formula is C35H55N4O10P. The van der Waals surface area contributed by atoms with Crippen LogP contribution in [0.5, 0.6) is 0 Å². The highest BCUT2D eigenvalue weighted by Crippen LogP contribution is 2.29. The number of nitrogens with zero attached hydrogens (tertiary/aromatic N) is 1. The molecule has 1 saturated heterocycles. The minimum Gasteiger partial charge on any atom is -0.480 e. The first-order valence-electron chi connectivity index (χ1n) is 18.0. The number of amides is 4. The van der Waals surface area contributed by atoms with Crippen LogP contribution in [0.3, 0.4) is 0 Å². The van der Waals surface area contributed by atoms with Gasteiger partial charge in [0.15, 0.2) is 0 Å². The van der Waals surface area contributed by atoms with Gasteiger partial charge < -0.3 is 35.2 Å². The number of rotatable bonds is 21. The molecule has 1 aromatic carbocycles. The second-order valence-corrected chi connectivity index (χ2v) is 14.1. The highest BCUT2D eigenvalue weighted by Gasteiger charge is 2.37. The topological polar surface area (TPSA) is 190 Å². The molecule has 0 bridgehead atoms. The molecule has 1 saturated carbocycles. The van der Waals surface area contributed by atoms with E-state index in [-0.39, 0.29) is 37.5 Å². The van der Waals surface area contributed by atoms with Gasteiger partial charge in [-0.3, -0.25) is 23.5 Å².